The third-order valence-corrected chi connectivity index (χ3v) is 4.74. The minimum atomic E-state index is 0.480. The maximum absolute atomic E-state index is 6.32. The monoisotopic (exact) mass is 294 g/mol. The maximum Gasteiger partial charge on any atom is 0.0438 e. The summed E-state index contributed by atoms with van der Waals surface area (Å²) in [5, 5.41) is 4.49. The number of aryl methyl sites for hydroxylation is 1. The van der Waals surface area contributed by atoms with E-state index >= 15 is 0 Å². The number of piperidine rings is 1. The van der Waals surface area contributed by atoms with E-state index in [1.54, 1.807) is 0 Å². The SMILES string of the molecule is Cc1ccc(C2C(CNC(C)C)CCCN2C)cc1Cl. The van der Waals surface area contributed by atoms with Crippen LogP contribution in [0.5, 0.6) is 0 Å². The highest BCUT2D eigenvalue weighted by Gasteiger charge is 2.30. The summed E-state index contributed by atoms with van der Waals surface area (Å²) in [4.78, 5) is 2.48. The summed E-state index contributed by atoms with van der Waals surface area (Å²) in [6.07, 6.45) is 2.58. The Morgan fingerprint density at radius 2 is 2.15 bits per heavy atom. The van der Waals surface area contributed by atoms with Crippen LogP contribution >= 0.6 is 11.6 Å². The summed E-state index contributed by atoms with van der Waals surface area (Å²) in [5.41, 5.74) is 2.52. The average molecular weight is 295 g/mol. The summed E-state index contributed by atoms with van der Waals surface area (Å²) in [7, 11) is 2.24. The number of nitrogens with one attached hydrogen (secondary N) is 1. The first-order chi connectivity index (χ1) is 9.49. The van der Waals surface area contributed by atoms with Crippen LogP contribution in [0.3, 0.4) is 0 Å². The fourth-order valence-corrected chi connectivity index (χ4v) is 3.37. The van der Waals surface area contributed by atoms with E-state index in [2.05, 4.69) is 56.2 Å². The Morgan fingerprint density at radius 1 is 1.40 bits per heavy atom. The van der Waals surface area contributed by atoms with Crippen LogP contribution in [0.4, 0.5) is 0 Å². The fraction of sp³-hybridized carbons (Fsp3) is 0.647. The van der Waals surface area contributed by atoms with Crippen molar-refractivity contribution >= 4 is 11.6 Å². The summed E-state index contributed by atoms with van der Waals surface area (Å²) in [6, 6.07) is 7.58. The molecule has 1 saturated heterocycles. The summed E-state index contributed by atoms with van der Waals surface area (Å²) in [5.74, 6) is 0.662. The lowest BCUT2D eigenvalue weighted by molar-refractivity contribution is 0.118. The molecule has 0 aromatic heterocycles. The van der Waals surface area contributed by atoms with E-state index in [0.717, 1.165) is 17.1 Å². The van der Waals surface area contributed by atoms with Gasteiger partial charge in [0.1, 0.15) is 0 Å². The topological polar surface area (TPSA) is 15.3 Å². The van der Waals surface area contributed by atoms with Crippen molar-refractivity contribution in [3.05, 3.63) is 34.3 Å². The predicted molar refractivity (Wildman–Crippen MR) is 87.4 cm³/mol. The zero-order valence-corrected chi connectivity index (χ0v) is 13.9. The van der Waals surface area contributed by atoms with Crippen LogP contribution in [0.2, 0.25) is 5.02 Å². The van der Waals surface area contributed by atoms with Crippen molar-refractivity contribution in [3.63, 3.8) is 0 Å². The number of benzene rings is 1. The van der Waals surface area contributed by atoms with Crippen molar-refractivity contribution in [1.82, 2.24) is 10.2 Å². The van der Waals surface area contributed by atoms with Gasteiger partial charge in [0.15, 0.2) is 0 Å². The van der Waals surface area contributed by atoms with Crippen LogP contribution in [0.15, 0.2) is 18.2 Å². The lowest BCUT2D eigenvalue weighted by atomic mass is 9.84. The van der Waals surface area contributed by atoms with Gasteiger partial charge in [0, 0.05) is 23.7 Å². The van der Waals surface area contributed by atoms with Gasteiger partial charge in [0.05, 0.1) is 0 Å². The molecule has 1 heterocycles. The Kier molecular flexibility index (Phi) is 5.48. The second-order valence-electron chi connectivity index (χ2n) is 6.40. The number of nitrogens with zero attached hydrogens (tertiary/aromatic N) is 1. The Balaban J connectivity index is 2.20. The zero-order valence-electron chi connectivity index (χ0n) is 13.1. The molecule has 2 unspecified atom stereocenters. The molecule has 1 aromatic carbocycles. The smallest absolute Gasteiger partial charge is 0.0438 e. The molecule has 0 amide bonds. The molecule has 2 atom stereocenters. The molecular formula is C17H27ClN2. The highest BCUT2D eigenvalue weighted by molar-refractivity contribution is 6.31. The van der Waals surface area contributed by atoms with Gasteiger partial charge in [-0.2, -0.15) is 0 Å². The van der Waals surface area contributed by atoms with Crippen molar-refractivity contribution in [1.29, 1.82) is 0 Å². The molecule has 2 rings (SSSR count). The van der Waals surface area contributed by atoms with Crippen LogP contribution < -0.4 is 5.32 Å². The number of rotatable bonds is 4. The number of halogens is 1. The van der Waals surface area contributed by atoms with E-state index in [1.807, 2.05) is 0 Å². The lowest BCUT2D eigenvalue weighted by Crippen LogP contribution is -2.41. The Labute approximate surface area is 128 Å². The van der Waals surface area contributed by atoms with Crippen molar-refractivity contribution in [2.24, 2.45) is 5.92 Å². The Bertz CT molecular complexity index is 445. The molecule has 1 fully saturated rings. The first kappa shape index (κ1) is 15.8. The van der Waals surface area contributed by atoms with Gasteiger partial charge in [-0.25, -0.2) is 0 Å². The normalized spacial score (nSPS) is 24.3. The standard InChI is InChI=1S/C17H27ClN2/c1-12(2)19-11-15-6-5-9-20(4)17(15)14-8-7-13(3)16(18)10-14/h7-8,10,12,15,17,19H,5-6,9,11H2,1-4H3. The van der Waals surface area contributed by atoms with Crippen molar-refractivity contribution in [2.45, 2.75) is 45.7 Å². The summed E-state index contributed by atoms with van der Waals surface area (Å²) >= 11 is 6.32. The third kappa shape index (κ3) is 3.75. The quantitative estimate of drug-likeness (QED) is 0.902. The average Bonchev–Trinajstić information content (AvgIpc) is 2.40. The molecule has 0 radical (unpaired) electrons. The number of hydrogen-bond donors (Lipinski definition) is 1. The molecular weight excluding hydrogens is 268 g/mol. The summed E-state index contributed by atoms with van der Waals surface area (Å²) in [6.45, 7) is 8.75. The second kappa shape index (κ2) is 6.93. The molecule has 1 aromatic rings. The minimum absolute atomic E-state index is 0.480. The fourth-order valence-electron chi connectivity index (χ4n) is 3.18. The van der Waals surface area contributed by atoms with Gasteiger partial charge >= 0.3 is 0 Å². The first-order valence-electron chi connectivity index (χ1n) is 7.68. The molecule has 0 bridgehead atoms. The van der Waals surface area contributed by atoms with Crippen LogP contribution in [-0.4, -0.2) is 31.1 Å². The van der Waals surface area contributed by atoms with Crippen LogP contribution in [0.1, 0.15) is 43.9 Å². The number of likely N-dealkylation sites (tertiary alicyclic amines) is 1. The third-order valence-electron chi connectivity index (χ3n) is 4.33. The predicted octanol–water partition coefficient (Wildman–Crippen LogP) is 4.03. The molecule has 0 aliphatic carbocycles. The van der Waals surface area contributed by atoms with Gasteiger partial charge in [0.2, 0.25) is 0 Å². The van der Waals surface area contributed by atoms with E-state index in [-0.39, 0.29) is 0 Å². The van der Waals surface area contributed by atoms with E-state index < -0.39 is 0 Å². The van der Waals surface area contributed by atoms with Gasteiger partial charge in [-0.1, -0.05) is 37.6 Å². The first-order valence-corrected chi connectivity index (χ1v) is 8.06. The van der Waals surface area contributed by atoms with Crippen molar-refractivity contribution in [2.75, 3.05) is 20.1 Å². The zero-order chi connectivity index (χ0) is 14.7. The van der Waals surface area contributed by atoms with Gasteiger partial charge in [-0.3, -0.25) is 4.90 Å². The van der Waals surface area contributed by atoms with Gasteiger partial charge in [-0.15, -0.1) is 0 Å². The molecule has 3 heteroatoms. The minimum Gasteiger partial charge on any atom is -0.314 e. The van der Waals surface area contributed by atoms with Crippen LogP contribution in [0.25, 0.3) is 0 Å². The molecule has 1 N–H and O–H groups in total. The second-order valence-corrected chi connectivity index (χ2v) is 6.81. The molecule has 20 heavy (non-hydrogen) atoms. The molecule has 0 saturated carbocycles. The Hall–Kier alpha value is -0.570. The number of hydrogen-bond acceptors (Lipinski definition) is 2. The Morgan fingerprint density at radius 3 is 2.80 bits per heavy atom. The van der Waals surface area contributed by atoms with Crippen molar-refractivity contribution < 1.29 is 0 Å². The van der Waals surface area contributed by atoms with Crippen LogP contribution in [-0.2, 0) is 0 Å². The molecule has 2 nitrogen and oxygen atoms in total. The largest absolute Gasteiger partial charge is 0.314 e. The van der Waals surface area contributed by atoms with Crippen LogP contribution in [0, 0.1) is 12.8 Å². The highest BCUT2D eigenvalue weighted by Crippen LogP contribution is 2.36. The van der Waals surface area contributed by atoms with Gasteiger partial charge < -0.3 is 5.32 Å². The molecule has 1 aliphatic heterocycles. The molecule has 1 aliphatic rings. The van der Waals surface area contributed by atoms with Gasteiger partial charge in [0.25, 0.3) is 0 Å². The summed E-state index contributed by atoms with van der Waals surface area (Å²) < 4.78 is 0. The molecule has 0 spiro atoms. The van der Waals surface area contributed by atoms with E-state index in [0.29, 0.717) is 18.0 Å². The van der Waals surface area contributed by atoms with Gasteiger partial charge in [-0.05, 0) is 56.5 Å². The maximum atomic E-state index is 6.32. The van der Waals surface area contributed by atoms with E-state index in [9.17, 15) is 0 Å². The van der Waals surface area contributed by atoms with E-state index in [4.69, 9.17) is 11.6 Å². The van der Waals surface area contributed by atoms with E-state index in [1.165, 1.54) is 24.9 Å². The molecule has 112 valence electrons. The highest BCUT2D eigenvalue weighted by atomic mass is 35.5. The lowest BCUT2D eigenvalue weighted by Gasteiger charge is -2.40. The van der Waals surface area contributed by atoms with Crippen molar-refractivity contribution in [3.8, 4) is 0 Å².